The van der Waals surface area contributed by atoms with Gasteiger partial charge in [0.15, 0.2) is 0 Å². The zero-order valence-corrected chi connectivity index (χ0v) is 6.00. The van der Waals surface area contributed by atoms with Gasteiger partial charge >= 0.3 is 0 Å². The van der Waals surface area contributed by atoms with E-state index in [0.717, 1.165) is 6.61 Å². The number of rotatable bonds is 4. The average molecular weight is 130 g/mol. The van der Waals surface area contributed by atoms with Gasteiger partial charge in [0.1, 0.15) is 0 Å². The van der Waals surface area contributed by atoms with Gasteiger partial charge in [0.2, 0.25) is 0 Å². The molecule has 0 rings (SSSR count). The Morgan fingerprint density at radius 3 is 2.67 bits per heavy atom. The number of hydrogen-bond donors (Lipinski definition) is 1. The van der Waals surface area contributed by atoms with Crippen LogP contribution in [0.2, 0.25) is 0 Å². The molecule has 0 atom stereocenters. The van der Waals surface area contributed by atoms with Crippen LogP contribution in [0.1, 0.15) is 13.8 Å². The van der Waals surface area contributed by atoms with Crippen molar-refractivity contribution in [3.63, 3.8) is 0 Å². The Labute approximate surface area is 56.1 Å². The Bertz CT molecular complexity index is 77.0. The molecule has 0 amide bonds. The van der Waals surface area contributed by atoms with Crippen LogP contribution < -0.4 is 0 Å². The molecule has 0 radical (unpaired) electrons. The lowest BCUT2D eigenvalue weighted by Gasteiger charge is -2.01. The molecule has 0 aromatic carbocycles. The fourth-order valence-electron chi connectivity index (χ4n) is 0.359. The summed E-state index contributed by atoms with van der Waals surface area (Å²) in [5.74, 6) is 0.549. The van der Waals surface area contributed by atoms with Crippen molar-refractivity contribution < 1.29 is 9.84 Å². The molecule has 0 aliphatic heterocycles. The third-order valence-electron chi connectivity index (χ3n) is 0.727. The molecule has 1 N–H and O–H groups in total. The fraction of sp³-hybridized carbons (Fsp3) is 0.714. The Balaban J connectivity index is 2.99. The molecule has 0 aliphatic carbocycles. The molecule has 2 nitrogen and oxygen atoms in total. The van der Waals surface area contributed by atoms with Crippen LogP contribution in [0.25, 0.3) is 0 Å². The summed E-state index contributed by atoms with van der Waals surface area (Å²) in [7, 11) is 0. The van der Waals surface area contributed by atoms with Crippen molar-refractivity contribution in [3.05, 3.63) is 12.3 Å². The van der Waals surface area contributed by atoms with Gasteiger partial charge < -0.3 is 9.84 Å². The van der Waals surface area contributed by atoms with Gasteiger partial charge in [0.05, 0.1) is 19.5 Å². The monoisotopic (exact) mass is 130 g/mol. The van der Waals surface area contributed by atoms with Crippen LogP contribution in [0, 0.1) is 5.92 Å². The first-order valence-corrected chi connectivity index (χ1v) is 3.15. The lowest BCUT2D eigenvalue weighted by atomic mass is 10.2. The van der Waals surface area contributed by atoms with Gasteiger partial charge in [-0.25, -0.2) is 0 Å². The van der Waals surface area contributed by atoms with E-state index in [4.69, 9.17) is 9.84 Å². The molecule has 0 unspecified atom stereocenters. The molecular formula is C7H14O2. The standard InChI is InChI=1S/C7H14O2/c1-7(2)6-9-5-3-4-8/h3,5,7-8H,4,6H2,1-2H3. The minimum absolute atomic E-state index is 0.0537. The van der Waals surface area contributed by atoms with E-state index in [1.54, 1.807) is 6.08 Å². The van der Waals surface area contributed by atoms with Crippen LogP contribution in [0.15, 0.2) is 12.3 Å². The molecule has 0 aromatic heterocycles. The minimum atomic E-state index is 0.0537. The van der Waals surface area contributed by atoms with Gasteiger partial charge in [-0.2, -0.15) is 0 Å². The summed E-state index contributed by atoms with van der Waals surface area (Å²) < 4.78 is 4.99. The minimum Gasteiger partial charge on any atom is -0.501 e. The fourth-order valence-corrected chi connectivity index (χ4v) is 0.359. The zero-order chi connectivity index (χ0) is 7.11. The van der Waals surface area contributed by atoms with Crippen LogP contribution in [0.3, 0.4) is 0 Å². The third kappa shape index (κ3) is 7.50. The van der Waals surface area contributed by atoms with Gasteiger partial charge in [0, 0.05) is 0 Å². The summed E-state index contributed by atoms with van der Waals surface area (Å²) in [6.07, 6.45) is 3.10. The Kier molecular flexibility index (Phi) is 5.32. The van der Waals surface area contributed by atoms with Crippen LogP contribution in [-0.2, 0) is 4.74 Å². The Morgan fingerprint density at radius 1 is 1.56 bits per heavy atom. The van der Waals surface area contributed by atoms with Crippen LogP contribution in [0.4, 0.5) is 0 Å². The molecule has 9 heavy (non-hydrogen) atoms. The topological polar surface area (TPSA) is 29.5 Å². The smallest absolute Gasteiger partial charge is 0.0896 e. The van der Waals surface area contributed by atoms with Gasteiger partial charge in [-0.3, -0.25) is 0 Å². The lowest BCUT2D eigenvalue weighted by Crippen LogP contribution is -1.96. The molecule has 0 bridgehead atoms. The first-order valence-electron chi connectivity index (χ1n) is 3.15. The zero-order valence-electron chi connectivity index (χ0n) is 6.00. The van der Waals surface area contributed by atoms with Crippen LogP contribution in [-0.4, -0.2) is 18.3 Å². The molecule has 0 aromatic rings. The maximum Gasteiger partial charge on any atom is 0.0896 e. The van der Waals surface area contributed by atoms with E-state index in [0.29, 0.717) is 5.92 Å². The first kappa shape index (κ1) is 8.50. The quantitative estimate of drug-likeness (QED) is 0.579. The molecule has 2 heteroatoms. The highest BCUT2D eigenvalue weighted by atomic mass is 16.5. The molecular weight excluding hydrogens is 116 g/mol. The second-order valence-electron chi connectivity index (χ2n) is 2.28. The van der Waals surface area contributed by atoms with E-state index in [2.05, 4.69) is 13.8 Å². The molecule has 0 heterocycles. The normalized spacial score (nSPS) is 11.1. The van der Waals surface area contributed by atoms with Crippen molar-refractivity contribution >= 4 is 0 Å². The number of aliphatic hydroxyl groups is 1. The highest BCUT2D eigenvalue weighted by Crippen LogP contribution is 1.91. The summed E-state index contributed by atoms with van der Waals surface area (Å²) in [5.41, 5.74) is 0. The second kappa shape index (κ2) is 5.63. The molecule has 0 saturated heterocycles. The average Bonchev–Trinajstić information content (AvgIpc) is 1.80. The van der Waals surface area contributed by atoms with Gasteiger partial charge in [-0.05, 0) is 12.0 Å². The van der Waals surface area contributed by atoms with E-state index in [-0.39, 0.29) is 6.61 Å². The largest absolute Gasteiger partial charge is 0.501 e. The second-order valence-corrected chi connectivity index (χ2v) is 2.28. The third-order valence-corrected chi connectivity index (χ3v) is 0.727. The number of hydrogen-bond acceptors (Lipinski definition) is 2. The molecule has 0 aliphatic rings. The number of aliphatic hydroxyl groups excluding tert-OH is 1. The van der Waals surface area contributed by atoms with Crippen molar-refractivity contribution in [2.75, 3.05) is 13.2 Å². The SMILES string of the molecule is CC(C)COC=CCO. The number of ether oxygens (including phenoxy) is 1. The van der Waals surface area contributed by atoms with Crippen molar-refractivity contribution in [1.82, 2.24) is 0 Å². The van der Waals surface area contributed by atoms with Crippen LogP contribution >= 0.6 is 0 Å². The Morgan fingerprint density at radius 2 is 2.22 bits per heavy atom. The van der Waals surface area contributed by atoms with E-state index >= 15 is 0 Å². The predicted octanol–water partition coefficient (Wildman–Crippen LogP) is 1.16. The van der Waals surface area contributed by atoms with Crippen molar-refractivity contribution in [1.29, 1.82) is 0 Å². The maximum atomic E-state index is 8.26. The summed E-state index contributed by atoms with van der Waals surface area (Å²) in [4.78, 5) is 0. The Hall–Kier alpha value is -0.500. The predicted molar refractivity (Wildman–Crippen MR) is 37.0 cm³/mol. The summed E-state index contributed by atoms with van der Waals surface area (Å²) in [5, 5.41) is 8.26. The van der Waals surface area contributed by atoms with Crippen molar-refractivity contribution in [3.8, 4) is 0 Å². The van der Waals surface area contributed by atoms with Gasteiger partial charge in [-0.1, -0.05) is 13.8 Å². The van der Waals surface area contributed by atoms with Gasteiger partial charge in [0.25, 0.3) is 0 Å². The van der Waals surface area contributed by atoms with E-state index < -0.39 is 0 Å². The molecule has 0 fully saturated rings. The summed E-state index contributed by atoms with van der Waals surface area (Å²) >= 11 is 0. The summed E-state index contributed by atoms with van der Waals surface area (Å²) in [6.45, 7) is 4.92. The van der Waals surface area contributed by atoms with E-state index in [9.17, 15) is 0 Å². The highest BCUT2D eigenvalue weighted by Gasteiger charge is 1.88. The molecule has 54 valence electrons. The van der Waals surface area contributed by atoms with Crippen molar-refractivity contribution in [2.45, 2.75) is 13.8 Å². The highest BCUT2D eigenvalue weighted by molar-refractivity contribution is 4.71. The first-order chi connectivity index (χ1) is 4.27. The maximum absolute atomic E-state index is 8.26. The lowest BCUT2D eigenvalue weighted by molar-refractivity contribution is 0.208. The molecule has 0 saturated carbocycles. The molecule has 0 spiro atoms. The van der Waals surface area contributed by atoms with E-state index in [1.807, 2.05) is 0 Å². The van der Waals surface area contributed by atoms with Crippen LogP contribution in [0.5, 0.6) is 0 Å². The summed E-state index contributed by atoms with van der Waals surface area (Å²) in [6, 6.07) is 0. The van der Waals surface area contributed by atoms with E-state index in [1.165, 1.54) is 6.26 Å². The van der Waals surface area contributed by atoms with Crippen molar-refractivity contribution in [2.24, 2.45) is 5.92 Å². The van der Waals surface area contributed by atoms with Gasteiger partial charge in [-0.15, -0.1) is 0 Å².